The number of carbonyl (C=O) groups excluding carboxylic acids is 1. The van der Waals surface area contributed by atoms with E-state index in [2.05, 4.69) is 10.4 Å². The van der Waals surface area contributed by atoms with Gasteiger partial charge in [-0.25, -0.2) is 0 Å². The van der Waals surface area contributed by atoms with Crippen LogP contribution in [0.2, 0.25) is 0 Å². The van der Waals surface area contributed by atoms with E-state index < -0.39 is 16.9 Å². The molecule has 0 radical (unpaired) electrons. The molecule has 1 atom stereocenters. The van der Waals surface area contributed by atoms with Crippen LogP contribution in [0.5, 0.6) is 0 Å². The Labute approximate surface area is 143 Å². The molecule has 2 N–H and O–H groups in total. The lowest BCUT2D eigenvalue weighted by Gasteiger charge is -2.19. The minimum absolute atomic E-state index is 0.0286. The predicted molar refractivity (Wildman–Crippen MR) is 87.8 cm³/mol. The van der Waals surface area contributed by atoms with Crippen molar-refractivity contribution in [3.63, 3.8) is 0 Å². The summed E-state index contributed by atoms with van der Waals surface area (Å²) in [5.41, 5.74) is 1.48. The highest BCUT2D eigenvalue weighted by Crippen LogP contribution is 2.21. The number of nitro groups is 1. The Morgan fingerprint density at radius 3 is 2.72 bits per heavy atom. The first-order valence-corrected chi connectivity index (χ1v) is 7.60. The normalized spacial score (nSPS) is 11.7. The summed E-state index contributed by atoms with van der Waals surface area (Å²) in [7, 11) is 0. The molecule has 0 saturated heterocycles. The van der Waals surface area contributed by atoms with E-state index in [1.54, 1.807) is 12.1 Å². The molecule has 0 saturated carbocycles. The number of rotatable bonds is 8. The van der Waals surface area contributed by atoms with Crippen LogP contribution in [0.3, 0.4) is 0 Å². The van der Waals surface area contributed by atoms with Crippen LogP contribution in [0.4, 0.5) is 5.69 Å². The van der Waals surface area contributed by atoms with E-state index in [1.807, 2.05) is 19.1 Å². The van der Waals surface area contributed by atoms with Gasteiger partial charge in [0.15, 0.2) is 0 Å². The number of hydrogen-bond donors (Lipinski definition) is 2. The van der Waals surface area contributed by atoms with Crippen molar-refractivity contribution in [1.29, 1.82) is 0 Å². The zero-order valence-corrected chi connectivity index (χ0v) is 13.6. The van der Waals surface area contributed by atoms with Gasteiger partial charge in [-0.15, -0.1) is 0 Å². The fraction of sp³-hybridized carbons (Fsp3) is 0.312. The minimum atomic E-state index is -1.02. The Balaban J connectivity index is 2.00. The Hall–Kier alpha value is -3.23. The van der Waals surface area contributed by atoms with Crippen molar-refractivity contribution < 1.29 is 19.6 Å². The lowest BCUT2D eigenvalue weighted by molar-refractivity contribution is -0.385. The molecule has 25 heavy (non-hydrogen) atoms. The number of nitrogens with one attached hydrogen (secondary N) is 1. The van der Waals surface area contributed by atoms with Gasteiger partial charge in [0.2, 0.25) is 5.91 Å². The lowest BCUT2D eigenvalue weighted by atomic mass is 9.98. The van der Waals surface area contributed by atoms with E-state index >= 15 is 0 Å². The van der Waals surface area contributed by atoms with Crippen molar-refractivity contribution in [2.75, 3.05) is 0 Å². The van der Waals surface area contributed by atoms with Gasteiger partial charge in [-0.2, -0.15) is 5.10 Å². The summed E-state index contributed by atoms with van der Waals surface area (Å²) in [5, 5.41) is 26.2. The number of amides is 1. The Bertz CT molecular complexity index is 786. The zero-order chi connectivity index (χ0) is 18.4. The van der Waals surface area contributed by atoms with Crippen molar-refractivity contribution in [1.82, 2.24) is 15.1 Å². The second kappa shape index (κ2) is 8.04. The van der Waals surface area contributed by atoms with Crippen LogP contribution in [-0.4, -0.2) is 31.7 Å². The van der Waals surface area contributed by atoms with Crippen molar-refractivity contribution in [2.24, 2.45) is 0 Å². The maximum Gasteiger partial charge on any atom is 0.306 e. The number of carboxylic acids is 1. The molecule has 0 fully saturated rings. The van der Waals surface area contributed by atoms with Crippen LogP contribution in [0, 0.1) is 17.0 Å². The van der Waals surface area contributed by atoms with Crippen molar-refractivity contribution in [3.05, 3.63) is 57.9 Å². The topological polar surface area (TPSA) is 127 Å². The van der Waals surface area contributed by atoms with Gasteiger partial charge in [0.05, 0.1) is 17.4 Å². The van der Waals surface area contributed by atoms with Gasteiger partial charge in [0.25, 0.3) is 0 Å². The van der Waals surface area contributed by atoms with E-state index in [1.165, 1.54) is 10.9 Å². The number of hydrogen-bond acceptors (Lipinski definition) is 5. The number of carbonyl (C=O) groups is 2. The standard InChI is InChI=1S/C16H18N4O5/c1-11-4-2-3-5-13(11)14(8-16(22)23)18-15(21)6-7-19-10-12(9-17-19)20(24)25/h2-5,9-10,14H,6-8H2,1H3,(H,18,21)(H,22,23). The second-order valence-electron chi connectivity index (χ2n) is 5.54. The van der Waals surface area contributed by atoms with E-state index in [4.69, 9.17) is 5.11 Å². The molecule has 1 amide bonds. The lowest BCUT2D eigenvalue weighted by Crippen LogP contribution is -2.31. The van der Waals surface area contributed by atoms with Crippen LogP contribution in [0.15, 0.2) is 36.7 Å². The second-order valence-corrected chi connectivity index (χ2v) is 5.54. The molecule has 1 aromatic carbocycles. The molecule has 1 aromatic heterocycles. The molecule has 9 heteroatoms. The first kappa shape index (κ1) is 18.1. The van der Waals surface area contributed by atoms with Gasteiger partial charge in [-0.05, 0) is 18.1 Å². The Kier molecular flexibility index (Phi) is 5.83. The minimum Gasteiger partial charge on any atom is -0.481 e. The van der Waals surface area contributed by atoms with Crippen LogP contribution in [0.25, 0.3) is 0 Å². The Morgan fingerprint density at radius 2 is 2.12 bits per heavy atom. The predicted octanol–water partition coefficient (Wildman–Crippen LogP) is 1.82. The molecule has 1 heterocycles. The number of aryl methyl sites for hydroxylation is 2. The third kappa shape index (κ3) is 5.13. The van der Waals surface area contributed by atoms with Crippen LogP contribution in [0.1, 0.15) is 30.0 Å². The van der Waals surface area contributed by atoms with Gasteiger partial charge in [0.1, 0.15) is 12.4 Å². The summed E-state index contributed by atoms with van der Waals surface area (Å²) in [6.45, 7) is 2.01. The van der Waals surface area contributed by atoms with E-state index in [-0.39, 0.29) is 31.0 Å². The van der Waals surface area contributed by atoms with Gasteiger partial charge < -0.3 is 10.4 Å². The largest absolute Gasteiger partial charge is 0.481 e. The van der Waals surface area contributed by atoms with Gasteiger partial charge >= 0.3 is 11.7 Å². The van der Waals surface area contributed by atoms with E-state index in [0.29, 0.717) is 0 Å². The number of nitrogens with zero attached hydrogens (tertiary/aromatic N) is 3. The number of benzene rings is 1. The third-order valence-corrected chi connectivity index (χ3v) is 3.68. The van der Waals surface area contributed by atoms with Gasteiger partial charge in [-0.3, -0.25) is 24.4 Å². The summed E-state index contributed by atoms with van der Waals surface area (Å²) < 4.78 is 1.30. The van der Waals surface area contributed by atoms with Crippen molar-refractivity contribution in [2.45, 2.75) is 32.4 Å². The molecular weight excluding hydrogens is 328 g/mol. The molecule has 0 aliphatic rings. The maximum absolute atomic E-state index is 12.2. The number of aromatic nitrogens is 2. The fourth-order valence-electron chi connectivity index (χ4n) is 2.44. The average molecular weight is 346 g/mol. The zero-order valence-electron chi connectivity index (χ0n) is 13.6. The van der Waals surface area contributed by atoms with E-state index in [9.17, 15) is 19.7 Å². The molecular formula is C16H18N4O5. The highest BCUT2D eigenvalue weighted by atomic mass is 16.6. The van der Waals surface area contributed by atoms with Crippen molar-refractivity contribution in [3.8, 4) is 0 Å². The SMILES string of the molecule is Cc1ccccc1C(CC(=O)O)NC(=O)CCn1cc([N+](=O)[O-])cn1. The van der Waals surface area contributed by atoms with Crippen LogP contribution < -0.4 is 5.32 Å². The van der Waals surface area contributed by atoms with Gasteiger partial charge in [-0.1, -0.05) is 24.3 Å². The molecule has 0 bridgehead atoms. The highest BCUT2D eigenvalue weighted by molar-refractivity contribution is 5.77. The summed E-state index contributed by atoms with van der Waals surface area (Å²) in [6.07, 6.45) is 2.15. The molecule has 2 rings (SSSR count). The molecule has 132 valence electrons. The highest BCUT2D eigenvalue weighted by Gasteiger charge is 2.19. The molecule has 9 nitrogen and oxygen atoms in total. The summed E-state index contributed by atoms with van der Waals surface area (Å²) in [6, 6.07) is 6.60. The quantitative estimate of drug-likeness (QED) is 0.554. The summed E-state index contributed by atoms with van der Waals surface area (Å²) in [4.78, 5) is 33.3. The molecule has 2 aromatic rings. The molecule has 0 aliphatic carbocycles. The number of aliphatic carboxylic acids is 1. The van der Waals surface area contributed by atoms with Crippen LogP contribution in [-0.2, 0) is 16.1 Å². The molecule has 0 spiro atoms. The maximum atomic E-state index is 12.2. The fourth-order valence-corrected chi connectivity index (χ4v) is 2.44. The smallest absolute Gasteiger partial charge is 0.306 e. The summed E-state index contributed by atoms with van der Waals surface area (Å²) in [5.74, 6) is -1.37. The number of carboxylic acid groups (broad SMARTS) is 1. The van der Waals surface area contributed by atoms with Gasteiger partial charge in [0, 0.05) is 13.0 Å². The molecule has 1 unspecified atom stereocenters. The first-order chi connectivity index (χ1) is 11.9. The Morgan fingerprint density at radius 1 is 1.40 bits per heavy atom. The van der Waals surface area contributed by atoms with E-state index in [0.717, 1.165) is 17.3 Å². The summed E-state index contributed by atoms with van der Waals surface area (Å²) >= 11 is 0. The van der Waals surface area contributed by atoms with Crippen molar-refractivity contribution >= 4 is 17.6 Å². The van der Waals surface area contributed by atoms with Crippen LogP contribution >= 0.6 is 0 Å². The average Bonchev–Trinajstić information content (AvgIpc) is 3.01. The third-order valence-electron chi connectivity index (χ3n) is 3.68. The molecule has 0 aliphatic heterocycles. The first-order valence-electron chi connectivity index (χ1n) is 7.60. The monoisotopic (exact) mass is 346 g/mol.